The zero-order valence-corrected chi connectivity index (χ0v) is 14.3. The van der Waals surface area contributed by atoms with Crippen molar-refractivity contribution in [2.24, 2.45) is 0 Å². The molecule has 24 heavy (non-hydrogen) atoms. The van der Waals surface area contributed by atoms with E-state index in [2.05, 4.69) is 5.32 Å². The Morgan fingerprint density at radius 2 is 1.88 bits per heavy atom. The Labute approximate surface area is 149 Å². The SMILES string of the molecule is O=C(NCc1ccc([C@H](O)c2ccccc2)s1)c1cccc(Cl)c1. The van der Waals surface area contributed by atoms with Crippen LogP contribution in [0.2, 0.25) is 5.02 Å². The van der Waals surface area contributed by atoms with Crippen LogP contribution in [0, 0.1) is 0 Å². The molecular weight excluding hydrogens is 342 g/mol. The molecule has 3 rings (SSSR count). The Bertz CT molecular complexity index is 832. The van der Waals surface area contributed by atoms with Gasteiger partial charge < -0.3 is 10.4 Å². The highest BCUT2D eigenvalue weighted by atomic mass is 35.5. The molecule has 0 aliphatic carbocycles. The first-order valence-electron chi connectivity index (χ1n) is 7.49. The van der Waals surface area contributed by atoms with Gasteiger partial charge in [-0.25, -0.2) is 0 Å². The third kappa shape index (κ3) is 4.03. The van der Waals surface area contributed by atoms with Gasteiger partial charge in [-0.2, -0.15) is 0 Å². The number of carbonyl (C=O) groups is 1. The molecule has 0 saturated carbocycles. The van der Waals surface area contributed by atoms with Crippen molar-refractivity contribution in [3.63, 3.8) is 0 Å². The molecule has 0 saturated heterocycles. The normalized spacial score (nSPS) is 11.9. The predicted octanol–water partition coefficient (Wildman–Crippen LogP) is 4.41. The standard InChI is InChI=1S/C19H16ClNO2S/c20-15-8-4-7-14(11-15)19(23)21-12-16-9-10-17(24-16)18(22)13-5-2-1-3-6-13/h1-11,18,22H,12H2,(H,21,23)/t18-/m1/s1. The van der Waals surface area contributed by atoms with E-state index in [0.717, 1.165) is 15.3 Å². The summed E-state index contributed by atoms with van der Waals surface area (Å²) in [7, 11) is 0. The average Bonchev–Trinajstić information content (AvgIpc) is 3.09. The van der Waals surface area contributed by atoms with E-state index in [-0.39, 0.29) is 5.91 Å². The summed E-state index contributed by atoms with van der Waals surface area (Å²) >= 11 is 7.38. The Morgan fingerprint density at radius 3 is 2.62 bits per heavy atom. The number of amides is 1. The van der Waals surface area contributed by atoms with Crippen LogP contribution in [0.1, 0.15) is 31.8 Å². The topological polar surface area (TPSA) is 49.3 Å². The van der Waals surface area contributed by atoms with Crippen molar-refractivity contribution in [2.45, 2.75) is 12.6 Å². The molecule has 0 aliphatic heterocycles. The molecule has 1 aromatic heterocycles. The molecule has 122 valence electrons. The lowest BCUT2D eigenvalue weighted by molar-refractivity contribution is 0.0951. The molecule has 1 amide bonds. The monoisotopic (exact) mass is 357 g/mol. The summed E-state index contributed by atoms with van der Waals surface area (Å²) in [6.45, 7) is 0.414. The quantitative estimate of drug-likeness (QED) is 0.710. The second-order valence-corrected chi connectivity index (χ2v) is 6.95. The van der Waals surface area contributed by atoms with Gasteiger partial charge in [0, 0.05) is 20.3 Å². The molecule has 0 aliphatic rings. The van der Waals surface area contributed by atoms with Crippen LogP contribution in [0.5, 0.6) is 0 Å². The first-order valence-corrected chi connectivity index (χ1v) is 8.68. The van der Waals surface area contributed by atoms with Gasteiger partial charge in [-0.1, -0.05) is 48.0 Å². The molecule has 1 atom stereocenters. The summed E-state index contributed by atoms with van der Waals surface area (Å²) in [5, 5.41) is 13.8. The average molecular weight is 358 g/mol. The fourth-order valence-corrected chi connectivity index (χ4v) is 3.49. The summed E-state index contributed by atoms with van der Waals surface area (Å²) < 4.78 is 0. The molecule has 1 heterocycles. The van der Waals surface area contributed by atoms with E-state index in [1.54, 1.807) is 24.3 Å². The minimum atomic E-state index is -0.645. The van der Waals surface area contributed by atoms with Crippen LogP contribution < -0.4 is 5.32 Å². The molecule has 0 fully saturated rings. The highest BCUT2D eigenvalue weighted by Gasteiger charge is 2.13. The number of carbonyl (C=O) groups excluding carboxylic acids is 1. The van der Waals surface area contributed by atoms with Gasteiger partial charge >= 0.3 is 0 Å². The van der Waals surface area contributed by atoms with E-state index in [0.29, 0.717) is 17.1 Å². The molecular formula is C19H16ClNO2S. The number of aliphatic hydroxyl groups is 1. The van der Waals surface area contributed by atoms with Crippen molar-refractivity contribution < 1.29 is 9.90 Å². The number of aliphatic hydroxyl groups excluding tert-OH is 1. The van der Waals surface area contributed by atoms with Crippen LogP contribution in [0.4, 0.5) is 0 Å². The maximum absolute atomic E-state index is 12.1. The maximum atomic E-state index is 12.1. The van der Waals surface area contributed by atoms with E-state index in [9.17, 15) is 9.90 Å². The molecule has 5 heteroatoms. The van der Waals surface area contributed by atoms with Crippen LogP contribution in [-0.2, 0) is 6.54 Å². The van der Waals surface area contributed by atoms with Crippen LogP contribution in [0.3, 0.4) is 0 Å². The summed E-state index contributed by atoms with van der Waals surface area (Å²) in [6, 6.07) is 20.2. The van der Waals surface area contributed by atoms with Gasteiger partial charge in [0.05, 0.1) is 6.54 Å². The molecule has 3 aromatic rings. The maximum Gasteiger partial charge on any atom is 0.251 e. The molecule has 0 spiro atoms. The second-order valence-electron chi connectivity index (χ2n) is 5.31. The van der Waals surface area contributed by atoms with Crippen molar-refractivity contribution in [1.82, 2.24) is 5.32 Å². The number of benzene rings is 2. The van der Waals surface area contributed by atoms with E-state index in [1.165, 1.54) is 11.3 Å². The number of thiophene rings is 1. The van der Waals surface area contributed by atoms with E-state index in [1.807, 2.05) is 42.5 Å². The number of hydrogen-bond acceptors (Lipinski definition) is 3. The fourth-order valence-electron chi connectivity index (χ4n) is 2.34. The third-order valence-corrected chi connectivity index (χ3v) is 4.95. The minimum absolute atomic E-state index is 0.170. The van der Waals surface area contributed by atoms with Crippen molar-refractivity contribution in [3.8, 4) is 0 Å². The van der Waals surface area contributed by atoms with E-state index >= 15 is 0 Å². The fraction of sp³-hybridized carbons (Fsp3) is 0.105. The second kappa shape index (κ2) is 7.62. The van der Waals surface area contributed by atoms with Crippen LogP contribution in [0.15, 0.2) is 66.7 Å². The summed E-state index contributed by atoms with van der Waals surface area (Å²) in [4.78, 5) is 14.0. The third-order valence-electron chi connectivity index (χ3n) is 3.58. The zero-order valence-electron chi connectivity index (χ0n) is 12.8. The van der Waals surface area contributed by atoms with Gasteiger partial charge in [0.1, 0.15) is 6.10 Å². The summed E-state index contributed by atoms with van der Waals surface area (Å²) in [6.07, 6.45) is -0.645. The van der Waals surface area contributed by atoms with Gasteiger partial charge in [0.15, 0.2) is 0 Å². The lowest BCUT2D eigenvalue weighted by Crippen LogP contribution is -2.22. The van der Waals surface area contributed by atoms with E-state index < -0.39 is 6.10 Å². The van der Waals surface area contributed by atoms with Crippen molar-refractivity contribution >= 4 is 28.8 Å². The van der Waals surface area contributed by atoms with Crippen molar-refractivity contribution in [2.75, 3.05) is 0 Å². The minimum Gasteiger partial charge on any atom is -0.383 e. The molecule has 2 aromatic carbocycles. The van der Waals surface area contributed by atoms with Gasteiger partial charge in [-0.3, -0.25) is 4.79 Å². The lowest BCUT2D eigenvalue weighted by atomic mass is 10.1. The number of nitrogens with one attached hydrogen (secondary N) is 1. The van der Waals surface area contributed by atoms with E-state index in [4.69, 9.17) is 11.6 Å². The zero-order chi connectivity index (χ0) is 16.9. The van der Waals surface area contributed by atoms with Crippen molar-refractivity contribution in [1.29, 1.82) is 0 Å². The first-order chi connectivity index (χ1) is 11.6. The van der Waals surface area contributed by atoms with Gasteiger partial charge in [0.2, 0.25) is 0 Å². The number of halogens is 1. The van der Waals surface area contributed by atoms with Crippen LogP contribution >= 0.6 is 22.9 Å². The Kier molecular flexibility index (Phi) is 5.30. The molecule has 0 radical (unpaired) electrons. The molecule has 2 N–H and O–H groups in total. The summed E-state index contributed by atoms with van der Waals surface area (Å²) in [5.41, 5.74) is 1.39. The van der Waals surface area contributed by atoms with Gasteiger partial charge in [0.25, 0.3) is 5.91 Å². The highest BCUT2D eigenvalue weighted by molar-refractivity contribution is 7.12. The molecule has 3 nitrogen and oxygen atoms in total. The molecule has 0 bridgehead atoms. The largest absolute Gasteiger partial charge is 0.383 e. The van der Waals surface area contributed by atoms with Crippen molar-refractivity contribution in [3.05, 3.63) is 92.6 Å². The number of hydrogen-bond donors (Lipinski definition) is 2. The highest BCUT2D eigenvalue weighted by Crippen LogP contribution is 2.28. The molecule has 0 unspecified atom stereocenters. The van der Waals surface area contributed by atoms with Gasteiger partial charge in [-0.05, 0) is 35.9 Å². The smallest absolute Gasteiger partial charge is 0.251 e. The van der Waals surface area contributed by atoms with Crippen LogP contribution in [0.25, 0.3) is 0 Å². The first kappa shape index (κ1) is 16.7. The Hall–Kier alpha value is -2.14. The predicted molar refractivity (Wildman–Crippen MR) is 97.4 cm³/mol. The Balaban J connectivity index is 1.63. The lowest BCUT2D eigenvalue weighted by Gasteiger charge is -2.08. The van der Waals surface area contributed by atoms with Crippen LogP contribution in [-0.4, -0.2) is 11.0 Å². The summed E-state index contributed by atoms with van der Waals surface area (Å²) in [5.74, 6) is -0.170. The number of rotatable bonds is 5. The Morgan fingerprint density at radius 1 is 1.08 bits per heavy atom. The van der Waals surface area contributed by atoms with Gasteiger partial charge in [-0.15, -0.1) is 11.3 Å².